The maximum atomic E-state index is 13.9. The first kappa shape index (κ1) is 15.1. The predicted octanol–water partition coefficient (Wildman–Crippen LogP) is 4.70. The minimum absolute atomic E-state index is 0.164. The van der Waals surface area contributed by atoms with E-state index < -0.39 is 11.6 Å². The van der Waals surface area contributed by atoms with E-state index in [2.05, 4.69) is 11.4 Å². The summed E-state index contributed by atoms with van der Waals surface area (Å²) in [5, 5.41) is 5.28. The summed E-state index contributed by atoms with van der Waals surface area (Å²) in [6.45, 7) is 2.80. The van der Waals surface area contributed by atoms with E-state index >= 15 is 0 Å². The molecule has 1 nitrogen and oxygen atoms in total. The van der Waals surface area contributed by atoms with E-state index in [0.29, 0.717) is 6.42 Å². The minimum atomic E-state index is -0.468. The number of benzene rings is 1. The van der Waals surface area contributed by atoms with Gasteiger partial charge in [-0.1, -0.05) is 19.1 Å². The van der Waals surface area contributed by atoms with Crippen LogP contribution in [0.15, 0.2) is 35.7 Å². The zero-order chi connectivity index (χ0) is 14.4. The molecule has 0 saturated carbocycles. The summed E-state index contributed by atoms with van der Waals surface area (Å²) < 4.78 is 27.8. The van der Waals surface area contributed by atoms with Crippen LogP contribution in [0.25, 0.3) is 0 Å². The van der Waals surface area contributed by atoms with Gasteiger partial charge in [0.1, 0.15) is 11.6 Å². The van der Waals surface area contributed by atoms with Crippen molar-refractivity contribution >= 4 is 11.3 Å². The van der Waals surface area contributed by atoms with Crippen LogP contribution in [-0.2, 0) is 6.42 Å². The topological polar surface area (TPSA) is 12.0 Å². The monoisotopic (exact) mass is 295 g/mol. The molecule has 0 radical (unpaired) electrons. The summed E-state index contributed by atoms with van der Waals surface area (Å²) in [4.78, 5) is 1.24. The smallest absolute Gasteiger partial charge is 0.130 e. The molecule has 0 fully saturated rings. The number of hydrogen-bond donors (Lipinski definition) is 1. The van der Waals surface area contributed by atoms with Gasteiger partial charge in [0, 0.05) is 16.5 Å². The Bertz CT molecular complexity index is 505. The van der Waals surface area contributed by atoms with Crippen LogP contribution >= 0.6 is 11.3 Å². The van der Waals surface area contributed by atoms with E-state index in [9.17, 15) is 8.78 Å². The van der Waals surface area contributed by atoms with Gasteiger partial charge in [-0.3, -0.25) is 0 Å². The fraction of sp³-hybridized carbons (Fsp3) is 0.375. The average Bonchev–Trinajstić information content (AvgIpc) is 2.94. The summed E-state index contributed by atoms with van der Waals surface area (Å²) in [6.07, 6.45) is 2.46. The molecule has 108 valence electrons. The van der Waals surface area contributed by atoms with Crippen LogP contribution in [0.5, 0.6) is 0 Å². The van der Waals surface area contributed by atoms with E-state index in [1.807, 2.05) is 18.4 Å². The average molecular weight is 295 g/mol. The molecular formula is C16H19F2NS. The molecule has 0 aliphatic rings. The standard InChI is InChI=1S/C16H19F2NS/c1-2-10-19-15(9-8-12-5-4-11-20-12)16-13(17)6-3-7-14(16)18/h3-7,11,15,19H,2,8-10H2,1H3. The molecule has 1 heterocycles. The van der Waals surface area contributed by atoms with E-state index in [1.54, 1.807) is 11.3 Å². The summed E-state index contributed by atoms with van der Waals surface area (Å²) in [6, 6.07) is 7.83. The molecule has 1 unspecified atom stereocenters. The number of aryl methyl sites for hydroxylation is 1. The van der Waals surface area contributed by atoms with Gasteiger partial charge < -0.3 is 5.32 Å². The Balaban J connectivity index is 2.13. The molecular weight excluding hydrogens is 276 g/mol. The van der Waals surface area contributed by atoms with Crippen LogP contribution in [-0.4, -0.2) is 6.54 Å². The van der Waals surface area contributed by atoms with Gasteiger partial charge in [0.25, 0.3) is 0 Å². The Labute approximate surface area is 122 Å². The Hall–Kier alpha value is -1.26. The number of halogens is 2. The van der Waals surface area contributed by atoms with Crippen LogP contribution in [0.4, 0.5) is 8.78 Å². The highest BCUT2D eigenvalue weighted by Gasteiger charge is 2.19. The van der Waals surface area contributed by atoms with Crippen molar-refractivity contribution in [3.63, 3.8) is 0 Å². The molecule has 0 spiro atoms. The highest BCUT2D eigenvalue weighted by Crippen LogP contribution is 2.25. The molecule has 2 rings (SSSR count). The SMILES string of the molecule is CCCNC(CCc1cccs1)c1c(F)cccc1F. The van der Waals surface area contributed by atoms with Crippen molar-refractivity contribution in [2.24, 2.45) is 0 Å². The van der Waals surface area contributed by atoms with Gasteiger partial charge in [-0.25, -0.2) is 8.78 Å². The summed E-state index contributed by atoms with van der Waals surface area (Å²) in [7, 11) is 0. The molecule has 4 heteroatoms. The van der Waals surface area contributed by atoms with Gasteiger partial charge in [0.2, 0.25) is 0 Å². The second-order valence-corrected chi connectivity index (χ2v) is 5.79. The minimum Gasteiger partial charge on any atom is -0.310 e. The zero-order valence-electron chi connectivity index (χ0n) is 11.5. The number of nitrogens with one attached hydrogen (secondary N) is 1. The Morgan fingerprint density at radius 3 is 2.50 bits per heavy atom. The molecule has 2 aromatic rings. The lowest BCUT2D eigenvalue weighted by molar-refractivity contribution is 0.447. The Morgan fingerprint density at radius 1 is 1.15 bits per heavy atom. The van der Waals surface area contributed by atoms with Crippen molar-refractivity contribution in [3.05, 3.63) is 57.8 Å². The van der Waals surface area contributed by atoms with Gasteiger partial charge in [-0.05, 0) is 49.4 Å². The van der Waals surface area contributed by atoms with E-state index in [1.165, 1.54) is 23.1 Å². The van der Waals surface area contributed by atoms with Crippen LogP contribution < -0.4 is 5.32 Å². The third-order valence-corrected chi connectivity index (χ3v) is 4.18. The molecule has 0 aliphatic carbocycles. The lowest BCUT2D eigenvalue weighted by Gasteiger charge is -2.20. The predicted molar refractivity (Wildman–Crippen MR) is 80.0 cm³/mol. The van der Waals surface area contributed by atoms with Gasteiger partial charge in [-0.15, -0.1) is 11.3 Å². The van der Waals surface area contributed by atoms with Crippen molar-refractivity contribution in [1.29, 1.82) is 0 Å². The van der Waals surface area contributed by atoms with E-state index in [-0.39, 0.29) is 11.6 Å². The molecule has 20 heavy (non-hydrogen) atoms. The molecule has 1 aromatic heterocycles. The van der Waals surface area contributed by atoms with Crippen molar-refractivity contribution in [2.45, 2.75) is 32.2 Å². The largest absolute Gasteiger partial charge is 0.310 e. The van der Waals surface area contributed by atoms with E-state index in [4.69, 9.17) is 0 Å². The van der Waals surface area contributed by atoms with Gasteiger partial charge in [-0.2, -0.15) is 0 Å². The maximum absolute atomic E-state index is 13.9. The molecule has 0 aliphatic heterocycles. The molecule has 0 bridgehead atoms. The normalized spacial score (nSPS) is 12.6. The Kier molecular flexibility index (Phi) is 5.68. The zero-order valence-corrected chi connectivity index (χ0v) is 12.4. The van der Waals surface area contributed by atoms with Crippen molar-refractivity contribution < 1.29 is 8.78 Å². The fourth-order valence-electron chi connectivity index (χ4n) is 2.25. The van der Waals surface area contributed by atoms with Gasteiger partial charge in [0.05, 0.1) is 0 Å². The first-order valence-electron chi connectivity index (χ1n) is 6.92. The van der Waals surface area contributed by atoms with Crippen molar-refractivity contribution in [1.82, 2.24) is 5.32 Å². The number of thiophene rings is 1. The molecule has 1 N–H and O–H groups in total. The first-order chi connectivity index (χ1) is 9.72. The van der Waals surface area contributed by atoms with Crippen LogP contribution in [0, 0.1) is 11.6 Å². The number of hydrogen-bond acceptors (Lipinski definition) is 2. The highest BCUT2D eigenvalue weighted by atomic mass is 32.1. The highest BCUT2D eigenvalue weighted by molar-refractivity contribution is 7.09. The third kappa shape index (κ3) is 3.87. The summed E-state index contributed by atoms with van der Waals surface area (Å²) in [5.74, 6) is -0.936. The second kappa shape index (κ2) is 7.50. The molecule has 0 saturated heterocycles. The number of rotatable bonds is 7. The van der Waals surface area contributed by atoms with Gasteiger partial charge >= 0.3 is 0 Å². The quantitative estimate of drug-likeness (QED) is 0.780. The summed E-state index contributed by atoms with van der Waals surface area (Å²) in [5.41, 5.74) is 0.164. The Morgan fingerprint density at radius 2 is 1.90 bits per heavy atom. The van der Waals surface area contributed by atoms with Gasteiger partial charge in [0.15, 0.2) is 0 Å². The van der Waals surface area contributed by atoms with Crippen LogP contribution in [0.1, 0.15) is 36.2 Å². The van der Waals surface area contributed by atoms with Crippen LogP contribution in [0.3, 0.4) is 0 Å². The summed E-state index contributed by atoms with van der Waals surface area (Å²) >= 11 is 1.68. The molecule has 0 amide bonds. The third-order valence-electron chi connectivity index (χ3n) is 3.25. The van der Waals surface area contributed by atoms with Crippen molar-refractivity contribution in [2.75, 3.05) is 6.54 Å². The fourth-order valence-corrected chi connectivity index (χ4v) is 2.98. The van der Waals surface area contributed by atoms with Crippen LogP contribution in [0.2, 0.25) is 0 Å². The molecule has 1 atom stereocenters. The van der Waals surface area contributed by atoms with Crippen molar-refractivity contribution in [3.8, 4) is 0 Å². The van der Waals surface area contributed by atoms with E-state index in [0.717, 1.165) is 19.4 Å². The second-order valence-electron chi connectivity index (χ2n) is 4.76. The first-order valence-corrected chi connectivity index (χ1v) is 7.80. The lowest BCUT2D eigenvalue weighted by Crippen LogP contribution is -2.24. The lowest BCUT2D eigenvalue weighted by atomic mass is 10.00. The maximum Gasteiger partial charge on any atom is 0.130 e. The molecule has 1 aromatic carbocycles.